The standard InChI is InChI=1S/C5H12NO5P/c1-2-11-12(9,10)4-6-3-5(7)8/h6H,2-4H2,1H3,(H,7,8)(H,9,10). The van der Waals surface area contributed by atoms with Gasteiger partial charge < -0.3 is 14.5 Å². The van der Waals surface area contributed by atoms with E-state index in [1.165, 1.54) is 0 Å². The lowest BCUT2D eigenvalue weighted by atomic mass is 10.7. The second-order valence-corrected chi connectivity index (χ2v) is 3.88. The van der Waals surface area contributed by atoms with Crippen LogP contribution in [0.2, 0.25) is 0 Å². The van der Waals surface area contributed by atoms with E-state index in [0.717, 1.165) is 0 Å². The fourth-order valence-corrected chi connectivity index (χ4v) is 1.44. The van der Waals surface area contributed by atoms with Crippen LogP contribution in [-0.2, 0) is 13.9 Å². The molecule has 0 bridgehead atoms. The first-order chi connectivity index (χ1) is 5.48. The molecule has 0 aromatic carbocycles. The molecule has 0 fully saturated rings. The third-order valence-electron chi connectivity index (χ3n) is 0.919. The van der Waals surface area contributed by atoms with Crippen molar-refractivity contribution in [3.05, 3.63) is 0 Å². The minimum Gasteiger partial charge on any atom is -0.480 e. The Morgan fingerprint density at radius 1 is 1.67 bits per heavy atom. The van der Waals surface area contributed by atoms with Crippen LogP contribution < -0.4 is 5.32 Å². The molecule has 0 saturated heterocycles. The van der Waals surface area contributed by atoms with Crippen LogP contribution >= 0.6 is 7.60 Å². The minimum atomic E-state index is -3.62. The molecule has 3 N–H and O–H groups in total. The van der Waals surface area contributed by atoms with Crippen LogP contribution in [0.15, 0.2) is 0 Å². The maximum Gasteiger partial charge on any atom is 0.341 e. The molecule has 0 aliphatic carbocycles. The predicted molar refractivity (Wildman–Crippen MR) is 42.0 cm³/mol. The molecule has 1 unspecified atom stereocenters. The minimum absolute atomic E-state index is 0.128. The Balaban J connectivity index is 3.61. The zero-order valence-corrected chi connectivity index (χ0v) is 7.58. The van der Waals surface area contributed by atoms with Gasteiger partial charge in [0.05, 0.1) is 19.4 Å². The molecule has 0 aliphatic rings. The van der Waals surface area contributed by atoms with Gasteiger partial charge in [0.15, 0.2) is 0 Å². The normalized spacial score (nSPS) is 15.5. The fraction of sp³-hybridized carbons (Fsp3) is 0.800. The van der Waals surface area contributed by atoms with E-state index in [-0.39, 0.29) is 19.4 Å². The third kappa shape index (κ3) is 6.30. The first kappa shape index (κ1) is 11.6. The third-order valence-corrected chi connectivity index (χ3v) is 2.20. The lowest BCUT2D eigenvalue weighted by Crippen LogP contribution is -2.23. The Morgan fingerprint density at radius 2 is 2.25 bits per heavy atom. The van der Waals surface area contributed by atoms with Crippen molar-refractivity contribution in [1.82, 2.24) is 5.32 Å². The molecule has 6 nitrogen and oxygen atoms in total. The van der Waals surface area contributed by atoms with Crippen molar-refractivity contribution < 1.29 is 23.9 Å². The van der Waals surface area contributed by atoms with Gasteiger partial charge in [-0.3, -0.25) is 14.7 Å². The maximum absolute atomic E-state index is 10.9. The van der Waals surface area contributed by atoms with Crippen LogP contribution in [0.25, 0.3) is 0 Å². The average molecular weight is 197 g/mol. The van der Waals surface area contributed by atoms with Crippen molar-refractivity contribution in [2.75, 3.05) is 19.4 Å². The summed E-state index contributed by atoms with van der Waals surface area (Å²) in [6.07, 6.45) is -0.340. The van der Waals surface area contributed by atoms with Crippen LogP contribution in [0.3, 0.4) is 0 Å². The van der Waals surface area contributed by atoms with E-state index in [1.807, 2.05) is 0 Å². The summed E-state index contributed by atoms with van der Waals surface area (Å²) in [5, 5.41) is 10.4. The zero-order chi connectivity index (χ0) is 9.61. The van der Waals surface area contributed by atoms with Gasteiger partial charge in [0.1, 0.15) is 0 Å². The summed E-state index contributed by atoms with van der Waals surface area (Å²) in [7, 11) is -3.62. The largest absolute Gasteiger partial charge is 0.480 e. The van der Waals surface area contributed by atoms with Crippen LogP contribution in [-0.4, -0.2) is 35.4 Å². The highest BCUT2D eigenvalue weighted by atomic mass is 31.2. The molecule has 0 aliphatic heterocycles. The Kier molecular flexibility index (Phi) is 5.08. The molecule has 0 rings (SSSR count). The highest BCUT2D eigenvalue weighted by molar-refractivity contribution is 7.52. The maximum atomic E-state index is 10.9. The summed E-state index contributed by atoms with van der Waals surface area (Å²) in [4.78, 5) is 18.9. The van der Waals surface area contributed by atoms with Gasteiger partial charge >= 0.3 is 13.6 Å². The summed E-state index contributed by atoms with van der Waals surface area (Å²) in [6.45, 7) is 1.36. The van der Waals surface area contributed by atoms with E-state index in [1.54, 1.807) is 6.92 Å². The van der Waals surface area contributed by atoms with Gasteiger partial charge in [0.25, 0.3) is 0 Å². The lowest BCUT2D eigenvalue weighted by molar-refractivity contribution is -0.135. The van der Waals surface area contributed by atoms with Crippen LogP contribution in [0.5, 0.6) is 0 Å². The second-order valence-electron chi connectivity index (χ2n) is 2.03. The van der Waals surface area contributed by atoms with E-state index in [9.17, 15) is 9.36 Å². The molecule has 1 atom stereocenters. The van der Waals surface area contributed by atoms with Crippen LogP contribution in [0.4, 0.5) is 0 Å². The molecule has 7 heteroatoms. The quantitative estimate of drug-likeness (QED) is 0.512. The zero-order valence-electron chi connectivity index (χ0n) is 6.69. The second kappa shape index (κ2) is 5.27. The molecule has 0 heterocycles. The highest BCUT2D eigenvalue weighted by Crippen LogP contribution is 2.39. The molecule has 12 heavy (non-hydrogen) atoms. The Hall–Kier alpha value is -0.420. The van der Waals surface area contributed by atoms with E-state index >= 15 is 0 Å². The number of hydrogen-bond acceptors (Lipinski definition) is 4. The molecule has 72 valence electrons. The number of hydrogen-bond donors (Lipinski definition) is 3. The van der Waals surface area contributed by atoms with Gasteiger partial charge in [0, 0.05) is 0 Å². The lowest BCUT2D eigenvalue weighted by Gasteiger charge is -2.09. The number of carboxylic acids is 1. The fourth-order valence-electron chi connectivity index (χ4n) is 0.551. The number of aliphatic carboxylic acids is 1. The number of carboxylic acid groups (broad SMARTS) is 1. The van der Waals surface area contributed by atoms with Gasteiger partial charge in [0.2, 0.25) is 0 Å². The van der Waals surface area contributed by atoms with Gasteiger partial charge in [-0.1, -0.05) is 0 Å². The average Bonchev–Trinajstić information content (AvgIpc) is 1.85. The van der Waals surface area contributed by atoms with Crippen molar-refractivity contribution in [2.24, 2.45) is 0 Å². The summed E-state index contributed by atoms with van der Waals surface area (Å²) in [5.41, 5.74) is 0. The Bertz CT molecular complexity index is 194. The molecule has 0 spiro atoms. The van der Waals surface area contributed by atoms with Gasteiger partial charge in [-0.25, -0.2) is 0 Å². The number of carbonyl (C=O) groups is 1. The van der Waals surface area contributed by atoms with E-state index < -0.39 is 13.6 Å². The Labute approximate surface area is 70.1 Å². The van der Waals surface area contributed by atoms with Crippen molar-refractivity contribution in [2.45, 2.75) is 6.92 Å². The van der Waals surface area contributed by atoms with Crippen molar-refractivity contribution >= 4 is 13.6 Å². The van der Waals surface area contributed by atoms with Gasteiger partial charge in [-0.2, -0.15) is 0 Å². The molecular weight excluding hydrogens is 185 g/mol. The monoisotopic (exact) mass is 197 g/mol. The van der Waals surface area contributed by atoms with Gasteiger partial charge in [-0.05, 0) is 6.92 Å². The number of nitrogens with one attached hydrogen (secondary N) is 1. The predicted octanol–water partition coefficient (Wildman–Crippen LogP) is -0.160. The van der Waals surface area contributed by atoms with Crippen LogP contribution in [0, 0.1) is 0 Å². The summed E-state index contributed by atoms with van der Waals surface area (Å²) in [5.74, 6) is -1.08. The highest BCUT2D eigenvalue weighted by Gasteiger charge is 2.17. The van der Waals surface area contributed by atoms with Gasteiger partial charge in [-0.15, -0.1) is 0 Å². The van der Waals surface area contributed by atoms with Crippen molar-refractivity contribution in [3.8, 4) is 0 Å². The SMILES string of the molecule is CCOP(=O)(O)CNCC(=O)O. The van der Waals surface area contributed by atoms with E-state index in [4.69, 9.17) is 10.00 Å². The van der Waals surface area contributed by atoms with Crippen molar-refractivity contribution in [3.63, 3.8) is 0 Å². The Morgan fingerprint density at radius 3 is 2.67 bits per heavy atom. The first-order valence-corrected chi connectivity index (χ1v) is 5.13. The number of rotatable bonds is 6. The van der Waals surface area contributed by atoms with Crippen molar-refractivity contribution in [1.29, 1.82) is 0 Å². The summed E-state index contributed by atoms with van der Waals surface area (Å²) < 4.78 is 15.3. The molecule has 0 saturated carbocycles. The molecular formula is C5H12NO5P. The van der Waals surface area contributed by atoms with E-state index in [2.05, 4.69) is 9.84 Å². The molecule has 0 radical (unpaired) electrons. The molecule has 0 aromatic heterocycles. The van der Waals surface area contributed by atoms with E-state index in [0.29, 0.717) is 0 Å². The summed E-state index contributed by atoms with van der Waals surface area (Å²) in [6, 6.07) is 0. The molecule has 0 aromatic rings. The first-order valence-electron chi connectivity index (χ1n) is 3.37. The smallest absolute Gasteiger partial charge is 0.341 e. The topological polar surface area (TPSA) is 95.9 Å². The summed E-state index contributed by atoms with van der Waals surface area (Å²) >= 11 is 0. The van der Waals surface area contributed by atoms with Crippen LogP contribution in [0.1, 0.15) is 6.92 Å². The molecule has 0 amide bonds.